The number of rotatable bonds is 3. The fourth-order valence-electron chi connectivity index (χ4n) is 1.78. The van der Waals surface area contributed by atoms with Crippen LogP contribution in [0.1, 0.15) is 20.8 Å². The highest BCUT2D eigenvalue weighted by molar-refractivity contribution is 7.99. The number of hydrogen-bond donors (Lipinski definition) is 1. The van der Waals surface area contributed by atoms with E-state index in [1.54, 1.807) is 0 Å². The topological polar surface area (TPSA) is 72.7 Å². The summed E-state index contributed by atoms with van der Waals surface area (Å²) >= 11 is 1.53. The number of imidazole rings is 1. The Hall–Kier alpha value is -1.50. The average molecular weight is 268 g/mol. The van der Waals surface area contributed by atoms with Crippen molar-refractivity contribution >= 4 is 22.9 Å². The third-order valence-corrected chi connectivity index (χ3v) is 3.51. The van der Waals surface area contributed by atoms with Crippen molar-refractivity contribution < 1.29 is 0 Å². The summed E-state index contributed by atoms with van der Waals surface area (Å²) in [6.07, 6.45) is 0. The van der Waals surface area contributed by atoms with Gasteiger partial charge in [-0.1, -0.05) is 25.6 Å². The molecule has 18 heavy (non-hydrogen) atoms. The van der Waals surface area contributed by atoms with Crippen LogP contribution >= 0.6 is 11.8 Å². The van der Waals surface area contributed by atoms with Crippen molar-refractivity contribution in [3.8, 4) is 0 Å². The largest absolute Gasteiger partial charge is 0.332 e. The van der Waals surface area contributed by atoms with E-state index in [4.69, 9.17) is 0 Å². The van der Waals surface area contributed by atoms with Crippen LogP contribution in [0.2, 0.25) is 0 Å². The van der Waals surface area contributed by atoms with Gasteiger partial charge in [0.15, 0.2) is 16.3 Å². The molecule has 0 radical (unpaired) electrons. The van der Waals surface area contributed by atoms with Crippen LogP contribution in [-0.4, -0.2) is 24.4 Å². The molecule has 1 N–H and O–H groups in total. The molecule has 0 spiro atoms. The molecular weight excluding hydrogens is 252 g/mol. The van der Waals surface area contributed by atoms with Crippen molar-refractivity contribution in [3.05, 3.63) is 20.8 Å². The second-order valence-electron chi connectivity index (χ2n) is 4.30. The van der Waals surface area contributed by atoms with E-state index in [9.17, 15) is 9.59 Å². The Morgan fingerprint density at radius 1 is 1.39 bits per heavy atom. The van der Waals surface area contributed by atoms with Crippen LogP contribution in [0.3, 0.4) is 0 Å². The van der Waals surface area contributed by atoms with E-state index in [1.807, 2.05) is 20.8 Å². The molecule has 7 heteroatoms. The van der Waals surface area contributed by atoms with Crippen molar-refractivity contribution in [2.75, 3.05) is 0 Å². The molecule has 2 heterocycles. The number of nitrogens with one attached hydrogen (secondary N) is 1. The first-order valence-corrected chi connectivity index (χ1v) is 6.69. The van der Waals surface area contributed by atoms with Gasteiger partial charge in [-0.05, 0) is 6.92 Å². The van der Waals surface area contributed by atoms with E-state index in [2.05, 4.69) is 9.97 Å². The van der Waals surface area contributed by atoms with Gasteiger partial charge in [0.05, 0.1) is 0 Å². The fourth-order valence-corrected chi connectivity index (χ4v) is 2.52. The van der Waals surface area contributed by atoms with Crippen LogP contribution in [0, 0.1) is 0 Å². The number of aryl methyl sites for hydroxylation is 1. The number of hydrogen-bond acceptors (Lipinski definition) is 4. The van der Waals surface area contributed by atoms with Crippen LogP contribution < -0.4 is 11.2 Å². The molecule has 0 aliphatic carbocycles. The molecule has 0 unspecified atom stereocenters. The Labute approximate surface area is 108 Å². The minimum Gasteiger partial charge on any atom is -0.327 e. The van der Waals surface area contributed by atoms with Gasteiger partial charge in [0.2, 0.25) is 0 Å². The summed E-state index contributed by atoms with van der Waals surface area (Å²) in [4.78, 5) is 31.3. The molecule has 0 aliphatic rings. The molecule has 2 rings (SSSR count). The standard InChI is InChI=1S/C11H16N4O2S/c1-5-15-8-7(9(16)14(4)11(15)17)12-10(13-8)18-6(2)3/h6H,5H2,1-4H3,(H,12,13). The van der Waals surface area contributed by atoms with Crippen LogP contribution in [0.4, 0.5) is 0 Å². The highest BCUT2D eigenvalue weighted by atomic mass is 32.2. The Balaban J connectivity index is 2.79. The second kappa shape index (κ2) is 4.64. The second-order valence-corrected chi connectivity index (χ2v) is 5.86. The highest BCUT2D eigenvalue weighted by Crippen LogP contribution is 2.20. The number of thioether (sulfide) groups is 1. The van der Waals surface area contributed by atoms with Gasteiger partial charge >= 0.3 is 5.69 Å². The Kier molecular flexibility index (Phi) is 3.34. The van der Waals surface area contributed by atoms with Crippen molar-refractivity contribution in [1.29, 1.82) is 0 Å². The van der Waals surface area contributed by atoms with E-state index in [1.165, 1.54) is 23.4 Å². The monoisotopic (exact) mass is 268 g/mol. The number of H-pyrrole nitrogens is 1. The molecule has 0 fully saturated rings. The van der Waals surface area contributed by atoms with Gasteiger partial charge in [-0.2, -0.15) is 0 Å². The van der Waals surface area contributed by atoms with Crippen molar-refractivity contribution in [1.82, 2.24) is 19.1 Å². The predicted molar refractivity (Wildman–Crippen MR) is 72.3 cm³/mol. The summed E-state index contributed by atoms with van der Waals surface area (Å²) in [7, 11) is 1.48. The smallest absolute Gasteiger partial charge is 0.327 e. The van der Waals surface area contributed by atoms with E-state index < -0.39 is 0 Å². The summed E-state index contributed by atoms with van der Waals surface area (Å²) in [6, 6.07) is 0. The first kappa shape index (κ1) is 12.9. The third-order valence-electron chi connectivity index (χ3n) is 2.62. The zero-order valence-electron chi connectivity index (χ0n) is 10.9. The first-order valence-electron chi connectivity index (χ1n) is 5.81. The Morgan fingerprint density at radius 2 is 2.06 bits per heavy atom. The van der Waals surface area contributed by atoms with E-state index >= 15 is 0 Å². The van der Waals surface area contributed by atoms with Crippen molar-refractivity contribution in [2.45, 2.75) is 37.7 Å². The maximum Gasteiger partial charge on any atom is 0.332 e. The van der Waals surface area contributed by atoms with E-state index in [-0.39, 0.29) is 11.2 Å². The highest BCUT2D eigenvalue weighted by Gasteiger charge is 2.15. The Bertz CT molecular complexity index is 695. The average Bonchev–Trinajstić information content (AvgIpc) is 2.70. The number of aromatic nitrogens is 4. The normalized spacial score (nSPS) is 11.6. The molecule has 2 aromatic rings. The summed E-state index contributed by atoms with van der Waals surface area (Å²) < 4.78 is 2.60. The maximum absolute atomic E-state index is 12.0. The molecule has 98 valence electrons. The maximum atomic E-state index is 12.0. The first-order chi connectivity index (χ1) is 8.45. The van der Waals surface area contributed by atoms with E-state index in [0.29, 0.717) is 28.1 Å². The lowest BCUT2D eigenvalue weighted by Gasteiger charge is -2.04. The lowest BCUT2D eigenvalue weighted by molar-refractivity contribution is 0.652. The molecule has 2 aromatic heterocycles. The summed E-state index contributed by atoms with van der Waals surface area (Å²) in [5.74, 6) is 0. The molecule has 0 amide bonds. The molecule has 0 aromatic carbocycles. The summed E-state index contributed by atoms with van der Waals surface area (Å²) in [5.41, 5.74) is 0.168. The molecular formula is C11H16N4O2S. The number of nitrogens with zero attached hydrogens (tertiary/aromatic N) is 3. The summed E-state index contributed by atoms with van der Waals surface area (Å²) in [6.45, 7) is 6.43. The summed E-state index contributed by atoms with van der Waals surface area (Å²) in [5, 5.41) is 1.03. The zero-order chi connectivity index (χ0) is 13.4. The predicted octanol–water partition coefficient (Wildman–Crippen LogP) is 0.944. The molecule has 6 nitrogen and oxygen atoms in total. The van der Waals surface area contributed by atoms with Crippen LogP contribution in [-0.2, 0) is 13.6 Å². The van der Waals surface area contributed by atoms with Gasteiger partial charge < -0.3 is 4.98 Å². The molecule has 0 saturated heterocycles. The van der Waals surface area contributed by atoms with E-state index in [0.717, 1.165) is 4.57 Å². The SMILES string of the molecule is CCn1c(=O)n(C)c(=O)c2[nH]c(SC(C)C)nc21. The van der Waals surface area contributed by atoms with Crippen LogP contribution in [0.15, 0.2) is 14.7 Å². The molecule has 0 saturated carbocycles. The van der Waals surface area contributed by atoms with Gasteiger partial charge in [0, 0.05) is 18.8 Å². The Morgan fingerprint density at radius 3 is 2.61 bits per heavy atom. The minimum absolute atomic E-state index is 0.331. The molecule has 0 aliphatic heterocycles. The van der Waals surface area contributed by atoms with Gasteiger partial charge in [-0.15, -0.1) is 0 Å². The van der Waals surface area contributed by atoms with Gasteiger partial charge in [-0.3, -0.25) is 13.9 Å². The van der Waals surface area contributed by atoms with Crippen molar-refractivity contribution in [3.63, 3.8) is 0 Å². The quantitative estimate of drug-likeness (QED) is 0.841. The molecule has 0 atom stereocenters. The van der Waals surface area contributed by atoms with Crippen molar-refractivity contribution in [2.24, 2.45) is 7.05 Å². The lowest BCUT2D eigenvalue weighted by atomic mass is 10.5. The van der Waals surface area contributed by atoms with Crippen LogP contribution in [0.25, 0.3) is 11.2 Å². The fraction of sp³-hybridized carbons (Fsp3) is 0.545. The lowest BCUT2D eigenvalue weighted by Crippen LogP contribution is -2.37. The molecule has 0 bridgehead atoms. The third kappa shape index (κ3) is 1.98. The van der Waals surface area contributed by atoms with Gasteiger partial charge in [-0.25, -0.2) is 9.78 Å². The minimum atomic E-state index is -0.331. The van der Waals surface area contributed by atoms with Gasteiger partial charge in [0.25, 0.3) is 5.56 Å². The number of fused-ring (bicyclic) bond motifs is 1. The van der Waals surface area contributed by atoms with Gasteiger partial charge in [0.1, 0.15) is 0 Å². The zero-order valence-corrected chi connectivity index (χ0v) is 11.7. The number of aromatic amines is 1. The van der Waals surface area contributed by atoms with Crippen LogP contribution in [0.5, 0.6) is 0 Å².